The highest BCUT2D eigenvalue weighted by molar-refractivity contribution is 7.92. The molecule has 0 aliphatic rings. The summed E-state index contributed by atoms with van der Waals surface area (Å²) in [4.78, 5) is 9.05. The van der Waals surface area contributed by atoms with Gasteiger partial charge < -0.3 is 15.5 Å². The third-order valence-electron chi connectivity index (χ3n) is 5.43. The minimum absolute atomic E-state index is 0.152. The van der Waals surface area contributed by atoms with Crippen LogP contribution in [-0.2, 0) is 16.4 Å². The van der Waals surface area contributed by atoms with Crippen LogP contribution in [0.25, 0.3) is 34.3 Å². The summed E-state index contributed by atoms with van der Waals surface area (Å²) < 4.78 is 30.7. The van der Waals surface area contributed by atoms with Crippen LogP contribution in [0.5, 0.6) is 0 Å². The van der Waals surface area contributed by atoms with Crippen molar-refractivity contribution in [3.05, 3.63) is 59.8 Å². The van der Waals surface area contributed by atoms with Gasteiger partial charge in [-0.05, 0) is 57.1 Å². The van der Waals surface area contributed by atoms with E-state index >= 15 is 0 Å². The Kier molecular flexibility index (Phi) is 6.45. The number of nitrogens with two attached hydrogens (primary N) is 1. The maximum atomic E-state index is 12.4. The number of nitrogens with zero attached hydrogens (tertiary/aromatic N) is 4. The van der Waals surface area contributed by atoms with E-state index in [1.54, 1.807) is 38.1 Å². The summed E-state index contributed by atoms with van der Waals surface area (Å²) in [5.41, 5.74) is 10.5. The first-order valence-electron chi connectivity index (χ1n) is 10.8. The Morgan fingerprint density at radius 2 is 1.76 bits per heavy atom. The molecule has 0 spiro atoms. The Morgan fingerprint density at radius 1 is 1.06 bits per heavy atom. The van der Waals surface area contributed by atoms with Gasteiger partial charge in [0.05, 0.1) is 22.0 Å². The summed E-state index contributed by atoms with van der Waals surface area (Å²) in [6.45, 7) is 6.05. The lowest BCUT2D eigenvalue weighted by atomic mass is 10.1. The first-order valence-corrected chi connectivity index (χ1v) is 12.3. The molecule has 0 aliphatic heterocycles. The predicted octanol–water partition coefficient (Wildman–Crippen LogP) is 3.65. The van der Waals surface area contributed by atoms with Crippen LogP contribution in [0.15, 0.2) is 58.0 Å². The molecular weight excluding hydrogens is 452 g/mol. The molecule has 3 N–H and O–H groups in total. The van der Waals surface area contributed by atoms with Gasteiger partial charge in [-0.3, -0.25) is 0 Å². The van der Waals surface area contributed by atoms with Crippen LogP contribution in [-0.4, -0.2) is 40.9 Å². The summed E-state index contributed by atoms with van der Waals surface area (Å²) in [6.07, 6.45) is 1.52. The Hall–Kier alpha value is -3.63. The SMILES string of the molecule is CNCc1ccc(-c2nnc(-c3nc(-c4ccc(S(=O)(=O)C(C)C)cc4)cnc3N)o2)c(C)c1. The Balaban J connectivity index is 1.66. The van der Waals surface area contributed by atoms with E-state index in [0.29, 0.717) is 17.1 Å². The average molecular weight is 479 g/mol. The summed E-state index contributed by atoms with van der Waals surface area (Å²) in [5, 5.41) is 10.9. The van der Waals surface area contributed by atoms with Crippen molar-refractivity contribution in [3.8, 4) is 34.3 Å². The number of nitrogen functional groups attached to an aromatic ring is 1. The van der Waals surface area contributed by atoms with E-state index in [0.717, 1.165) is 23.2 Å². The number of hydrogen-bond donors (Lipinski definition) is 2. The molecule has 34 heavy (non-hydrogen) atoms. The minimum atomic E-state index is -3.36. The predicted molar refractivity (Wildman–Crippen MR) is 130 cm³/mol. The molecule has 2 aromatic heterocycles. The molecule has 0 radical (unpaired) electrons. The third kappa shape index (κ3) is 4.55. The lowest BCUT2D eigenvalue weighted by Gasteiger charge is -2.09. The zero-order valence-corrected chi connectivity index (χ0v) is 20.2. The maximum Gasteiger partial charge on any atom is 0.270 e. The highest BCUT2D eigenvalue weighted by Gasteiger charge is 2.20. The quantitative estimate of drug-likeness (QED) is 0.408. The largest absolute Gasteiger partial charge is 0.414 e. The smallest absolute Gasteiger partial charge is 0.270 e. The van der Waals surface area contributed by atoms with Gasteiger partial charge in [-0.1, -0.05) is 24.3 Å². The van der Waals surface area contributed by atoms with E-state index in [1.165, 1.54) is 6.20 Å². The van der Waals surface area contributed by atoms with E-state index in [9.17, 15) is 8.42 Å². The highest BCUT2D eigenvalue weighted by Crippen LogP contribution is 2.30. The molecule has 10 heteroatoms. The lowest BCUT2D eigenvalue weighted by Crippen LogP contribution is -2.13. The van der Waals surface area contributed by atoms with Gasteiger partial charge >= 0.3 is 0 Å². The van der Waals surface area contributed by atoms with E-state index in [-0.39, 0.29) is 22.3 Å². The zero-order chi connectivity index (χ0) is 24.5. The molecular formula is C24H26N6O3S. The fourth-order valence-electron chi connectivity index (χ4n) is 3.49. The number of rotatable bonds is 7. The lowest BCUT2D eigenvalue weighted by molar-refractivity contribution is 0.581. The number of hydrogen-bond acceptors (Lipinski definition) is 9. The van der Waals surface area contributed by atoms with Gasteiger partial charge in [0.25, 0.3) is 5.89 Å². The van der Waals surface area contributed by atoms with Gasteiger partial charge in [-0.2, -0.15) is 0 Å². The molecule has 0 aliphatic carbocycles. The summed E-state index contributed by atoms with van der Waals surface area (Å²) in [7, 11) is -1.46. The first kappa shape index (κ1) is 23.5. The van der Waals surface area contributed by atoms with Crippen molar-refractivity contribution in [3.63, 3.8) is 0 Å². The maximum absolute atomic E-state index is 12.4. The molecule has 4 aromatic rings. The van der Waals surface area contributed by atoms with E-state index in [4.69, 9.17) is 10.2 Å². The van der Waals surface area contributed by atoms with Crippen LogP contribution < -0.4 is 11.1 Å². The van der Waals surface area contributed by atoms with Crippen molar-refractivity contribution >= 4 is 15.7 Å². The van der Waals surface area contributed by atoms with Crippen LogP contribution >= 0.6 is 0 Å². The normalized spacial score (nSPS) is 11.8. The molecule has 0 atom stereocenters. The van der Waals surface area contributed by atoms with Crippen molar-refractivity contribution in [2.75, 3.05) is 12.8 Å². The highest BCUT2D eigenvalue weighted by atomic mass is 32.2. The van der Waals surface area contributed by atoms with E-state index in [1.807, 2.05) is 26.1 Å². The van der Waals surface area contributed by atoms with E-state index < -0.39 is 15.1 Å². The second-order valence-electron chi connectivity index (χ2n) is 8.20. The molecule has 176 valence electrons. The number of aromatic nitrogens is 4. The van der Waals surface area contributed by atoms with Gasteiger partial charge in [0.2, 0.25) is 5.89 Å². The van der Waals surface area contributed by atoms with Crippen molar-refractivity contribution in [1.29, 1.82) is 0 Å². The second kappa shape index (κ2) is 9.32. The molecule has 2 aromatic carbocycles. The molecule has 0 amide bonds. The fourth-order valence-corrected chi connectivity index (χ4v) is 4.55. The van der Waals surface area contributed by atoms with Crippen molar-refractivity contribution < 1.29 is 12.8 Å². The number of anilines is 1. The monoisotopic (exact) mass is 478 g/mol. The summed E-state index contributed by atoms with van der Waals surface area (Å²) in [6, 6.07) is 12.5. The number of aryl methyl sites for hydroxylation is 1. The molecule has 2 heterocycles. The van der Waals surface area contributed by atoms with Gasteiger partial charge in [-0.25, -0.2) is 18.4 Å². The fraction of sp³-hybridized carbons (Fsp3) is 0.250. The van der Waals surface area contributed by atoms with Crippen LogP contribution in [0.1, 0.15) is 25.0 Å². The zero-order valence-electron chi connectivity index (χ0n) is 19.4. The van der Waals surface area contributed by atoms with Gasteiger partial charge in [0.1, 0.15) is 0 Å². The molecule has 0 saturated heterocycles. The Labute approximate surface area is 198 Å². The third-order valence-corrected chi connectivity index (χ3v) is 7.60. The van der Waals surface area contributed by atoms with Gasteiger partial charge in [-0.15, -0.1) is 10.2 Å². The first-order chi connectivity index (χ1) is 16.2. The van der Waals surface area contributed by atoms with Crippen molar-refractivity contribution in [1.82, 2.24) is 25.5 Å². The van der Waals surface area contributed by atoms with Crippen LogP contribution in [0.2, 0.25) is 0 Å². The average Bonchev–Trinajstić information content (AvgIpc) is 3.29. The standard InChI is InChI=1S/C24H26N6O3S/c1-14(2)34(31,32)18-8-6-17(7-9-18)20-13-27-22(25)21(28-20)24-30-29-23(33-24)19-10-5-16(12-26-4)11-15(19)3/h5-11,13-14,26H,12H2,1-4H3,(H2,25,27). The molecule has 0 fully saturated rings. The molecule has 4 rings (SSSR count). The summed E-state index contributed by atoms with van der Waals surface area (Å²) in [5.74, 6) is 0.664. The second-order valence-corrected chi connectivity index (χ2v) is 10.7. The van der Waals surface area contributed by atoms with Gasteiger partial charge in [0, 0.05) is 17.7 Å². The number of benzene rings is 2. The van der Waals surface area contributed by atoms with Crippen molar-refractivity contribution in [2.45, 2.75) is 37.5 Å². The molecule has 9 nitrogen and oxygen atoms in total. The van der Waals surface area contributed by atoms with E-state index in [2.05, 4.69) is 31.5 Å². The van der Waals surface area contributed by atoms with Crippen LogP contribution in [0.3, 0.4) is 0 Å². The van der Waals surface area contributed by atoms with Crippen LogP contribution in [0, 0.1) is 6.92 Å². The summed E-state index contributed by atoms with van der Waals surface area (Å²) >= 11 is 0. The molecule has 0 bridgehead atoms. The van der Waals surface area contributed by atoms with Gasteiger partial charge in [0.15, 0.2) is 21.3 Å². The van der Waals surface area contributed by atoms with Crippen LogP contribution in [0.4, 0.5) is 5.82 Å². The molecule has 0 unspecified atom stereocenters. The number of nitrogens with one attached hydrogen (secondary N) is 1. The number of sulfone groups is 1. The van der Waals surface area contributed by atoms with Crippen molar-refractivity contribution in [2.24, 2.45) is 0 Å². The minimum Gasteiger partial charge on any atom is -0.414 e. The topological polar surface area (TPSA) is 137 Å². The Morgan fingerprint density at radius 3 is 2.41 bits per heavy atom. The molecule has 0 saturated carbocycles. The Bertz CT molecular complexity index is 1430.